The molecule has 0 aliphatic heterocycles. The van der Waals surface area contributed by atoms with Gasteiger partial charge in [-0.3, -0.25) is 0 Å². The first-order chi connectivity index (χ1) is 4.57. The molecule has 0 saturated heterocycles. The predicted octanol–water partition coefficient (Wildman–Crippen LogP) is 1.75. The Bertz CT molecular complexity index is 141. The second-order valence-electron chi connectivity index (χ2n) is 2.15. The zero-order valence-electron chi connectivity index (χ0n) is 6.68. The zero-order valence-corrected chi connectivity index (χ0v) is 8.55. The second-order valence-corrected chi connectivity index (χ2v) is 5.94. The molecule has 0 aromatic carbocycles. The fraction of sp³-hybridized carbons (Fsp3) is 0.571. The van der Waals surface area contributed by atoms with Crippen molar-refractivity contribution >= 4 is 21.0 Å². The van der Waals surface area contributed by atoms with Crippen molar-refractivity contribution in [2.45, 2.75) is 24.8 Å². The van der Waals surface area contributed by atoms with E-state index in [-0.39, 0.29) is 5.97 Å². The van der Waals surface area contributed by atoms with Crippen LogP contribution in [0, 0.1) is 0 Å². The van der Waals surface area contributed by atoms with Crippen LogP contribution in [0.3, 0.4) is 0 Å². The van der Waals surface area contributed by atoms with E-state index in [2.05, 4.69) is 6.58 Å². The quantitative estimate of drug-likeness (QED) is 0.517. The molecule has 0 heterocycles. The molecule has 0 spiro atoms. The molecular weight excluding hydrogens is 191 g/mol. The van der Waals surface area contributed by atoms with Crippen LogP contribution in [0.15, 0.2) is 12.2 Å². The van der Waals surface area contributed by atoms with Crippen LogP contribution < -0.4 is 0 Å². The molecule has 0 aromatic rings. The summed E-state index contributed by atoms with van der Waals surface area (Å²) in [4.78, 5) is 10.9. The predicted molar refractivity (Wildman–Crippen MR) is 43.0 cm³/mol. The summed E-state index contributed by atoms with van der Waals surface area (Å²) in [6, 6.07) is 0. The summed E-state index contributed by atoms with van der Waals surface area (Å²) < 4.78 is 5.01. The SMILES string of the molecule is C=C(CC)C(=O)O[As](C)C. The van der Waals surface area contributed by atoms with E-state index in [1.54, 1.807) is 0 Å². The van der Waals surface area contributed by atoms with E-state index in [0.717, 1.165) is 0 Å². The van der Waals surface area contributed by atoms with Crippen molar-refractivity contribution in [3.05, 3.63) is 12.2 Å². The first-order valence-electron chi connectivity index (χ1n) is 3.15. The van der Waals surface area contributed by atoms with Crippen molar-refractivity contribution in [3.63, 3.8) is 0 Å². The Kier molecular flexibility index (Phi) is 4.46. The van der Waals surface area contributed by atoms with Crippen molar-refractivity contribution in [1.29, 1.82) is 0 Å². The van der Waals surface area contributed by atoms with Gasteiger partial charge in [0.2, 0.25) is 0 Å². The van der Waals surface area contributed by atoms with Crippen LogP contribution in [0.1, 0.15) is 13.3 Å². The number of carbonyl (C=O) groups excluding carboxylic acids is 1. The Balaban J connectivity index is 3.74. The Morgan fingerprint density at radius 1 is 1.60 bits per heavy atom. The molecule has 0 saturated carbocycles. The Labute approximate surface area is 66.9 Å². The van der Waals surface area contributed by atoms with E-state index in [9.17, 15) is 4.79 Å². The molecule has 0 fully saturated rings. The van der Waals surface area contributed by atoms with Crippen LogP contribution in [0.2, 0.25) is 11.4 Å². The molecule has 0 radical (unpaired) electrons. The van der Waals surface area contributed by atoms with Gasteiger partial charge in [0, 0.05) is 0 Å². The summed E-state index contributed by atoms with van der Waals surface area (Å²) in [7, 11) is 0. The van der Waals surface area contributed by atoms with Gasteiger partial charge < -0.3 is 0 Å². The van der Waals surface area contributed by atoms with Gasteiger partial charge in [-0.05, 0) is 0 Å². The molecule has 0 unspecified atom stereocenters. The third-order valence-electron chi connectivity index (χ3n) is 0.981. The summed E-state index contributed by atoms with van der Waals surface area (Å²) >= 11 is -1.27. The first kappa shape index (κ1) is 9.77. The van der Waals surface area contributed by atoms with Gasteiger partial charge in [0.15, 0.2) is 0 Å². The van der Waals surface area contributed by atoms with E-state index in [0.29, 0.717) is 12.0 Å². The van der Waals surface area contributed by atoms with Crippen LogP contribution >= 0.6 is 0 Å². The summed E-state index contributed by atoms with van der Waals surface area (Å²) in [6.45, 7) is 5.47. The maximum absolute atomic E-state index is 10.9. The summed E-state index contributed by atoms with van der Waals surface area (Å²) in [5, 5.41) is 0. The van der Waals surface area contributed by atoms with E-state index >= 15 is 0 Å². The molecule has 0 amide bonds. The van der Waals surface area contributed by atoms with E-state index < -0.39 is 15.0 Å². The van der Waals surface area contributed by atoms with Crippen LogP contribution in [-0.4, -0.2) is 21.0 Å². The third kappa shape index (κ3) is 3.73. The normalized spacial score (nSPS) is 9.60. The molecule has 0 aliphatic carbocycles. The van der Waals surface area contributed by atoms with Gasteiger partial charge in [-0.1, -0.05) is 0 Å². The van der Waals surface area contributed by atoms with Gasteiger partial charge >= 0.3 is 66.4 Å². The molecule has 0 N–H and O–H groups in total. The topological polar surface area (TPSA) is 26.3 Å². The number of hydrogen-bond acceptors (Lipinski definition) is 2. The monoisotopic (exact) mass is 204 g/mol. The summed E-state index contributed by atoms with van der Waals surface area (Å²) in [5.74, 6) is -0.215. The van der Waals surface area contributed by atoms with Crippen molar-refractivity contribution in [2.75, 3.05) is 0 Å². The fourth-order valence-corrected chi connectivity index (χ4v) is 1.34. The van der Waals surface area contributed by atoms with E-state index in [1.807, 2.05) is 18.3 Å². The second kappa shape index (κ2) is 4.56. The maximum atomic E-state index is 10.9. The third-order valence-corrected chi connectivity index (χ3v) is 2.09. The van der Waals surface area contributed by atoms with Gasteiger partial charge in [0.05, 0.1) is 0 Å². The fourth-order valence-electron chi connectivity index (χ4n) is 0.375. The van der Waals surface area contributed by atoms with Gasteiger partial charge in [-0.25, -0.2) is 0 Å². The molecule has 0 atom stereocenters. The standard InChI is InChI=1S/C7H13AsO2/c1-5-6(2)7(9)10-8(3)4/h2,5H2,1,3-4H3. The molecule has 58 valence electrons. The number of rotatable bonds is 3. The molecule has 3 heteroatoms. The minimum atomic E-state index is -1.27. The molecular formula is C7H13AsO2. The average Bonchev–Trinajstić information content (AvgIpc) is 1.85. The van der Waals surface area contributed by atoms with Crippen molar-refractivity contribution in [1.82, 2.24) is 0 Å². The van der Waals surface area contributed by atoms with Gasteiger partial charge in [0.25, 0.3) is 0 Å². The first-order valence-corrected chi connectivity index (χ1v) is 7.67. The Morgan fingerprint density at radius 2 is 2.10 bits per heavy atom. The average molecular weight is 204 g/mol. The van der Waals surface area contributed by atoms with Crippen molar-refractivity contribution < 1.29 is 8.52 Å². The van der Waals surface area contributed by atoms with E-state index in [1.165, 1.54) is 0 Å². The molecule has 10 heavy (non-hydrogen) atoms. The molecule has 2 nitrogen and oxygen atoms in total. The van der Waals surface area contributed by atoms with Crippen LogP contribution in [-0.2, 0) is 8.52 Å². The van der Waals surface area contributed by atoms with E-state index in [4.69, 9.17) is 3.73 Å². The molecule has 0 aromatic heterocycles. The van der Waals surface area contributed by atoms with Crippen molar-refractivity contribution in [3.8, 4) is 0 Å². The summed E-state index contributed by atoms with van der Waals surface area (Å²) in [5.41, 5.74) is 4.50. The molecule has 0 aliphatic rings. The molecule has 0 rings (SSSR count). The zero-order chi connectivity index (χ0) is 8.15. The number of hydrogen-bond donors (Lipinski definition) is 0. The van der Waals surface area contributed by atoms with Gasteiger partial charge in [-0.2, -0.15) is 0 Å². The van der Waals surface area contributed by atoms with Crippen LogP contribution in [0.25, 0.3) is 0 Å². The minimum absolute atomic E-state index is 0.215. The number of carbonyl (C=O) groups is 1. The van der Waals surface area contributed by atoms with Gasteiger partial charge in [-0.15, -0.1) is 0 Å². The Morgan fingerprint density at radius 3 is 2.40 bits per heavy atom. The van der Waals surface area contributed by atoms with Crippen LogP contribution in [0.4, 0.5) is 0 Å². The van der Waals surface area contributed by atoms with Gasteiger partial charge in [0.1, 0.15) is 0 Å². The summed E-state index contributed by atoms with van der Waals surface area (Å²) in [6.07, 6.45) is 0.682. The van der Waals surface area contributed by atoms with Crippen molar-refractivity contribution in [2.24, 2.45) is 0 Å². The Hall–Kier alpha value is -0.232. The van der Waals surface area contributed by atoms with Crippen LogP contribution in [0.5, 0.6) is 0 Å². The molecule has 0 bridgehead atoms.